The lowest BCUT2D eigenvalue weighted by Gasteiger charge is -2.53. The van der Waals surface area contributed by atoms with Crippen molar-refractivity contribution < 1.29 is 23.7 Å². The standard InChI is InChI=1S/C25H31FO4/c1-15-21-12-18(13-22(15)27)25(2,3)30-24(21)16-5-10-23(28-4)17(11-16)14-29-20-8-6-19(26)7-9-20/h5-11,15,18,21-22,24,27H,12-14H2,1-4H3/t15-,18-,21-,22-,24-/m0/s1. The maximum atomic E-state index is 13.1. The molecule has 0 unspecified atom stereocenters. The number of aliphatic hydroxyl groups excluding tert-OH is 1. The second-order valence-electron chi connectivity index (χ2n) is 9.21. The smallest absolute Gasteiger partial charge is 0.125 e. The Balaban J connectivity index is 1.60. The summed E-state index contributed by atoms with van der Waals surface area (Å²) in [5.74, 6) is 1.87. The second kappa shape index (κ2) is 8.20. The van der Waals surface area contributed by atoms with Crippen LogP contribution in [0.2, 0.25) is 0 Å². The Kier molecular flexibility index (Phi) is 5.78. The Morgan fingerprint density at radius 1 is 1.13 bits per heavy atom. The first-order valence-corrected chi connectivity index (χ1v) is 10.7. The summed E-state index contributed by atoms with van der Waals surface area (Å²) in [6.07, 6.45) is 1.48. The number of aliphatic hydroxyl groups is 1. The molecule has 4 nitrogen and oxygen atoms in total. The second-order valence-corrected chi connectivity index (χ2v) is 9.21. The van der Waals surface area contributed by atoms with Gasteiger partial charge in [0.15, 0.2) is 0 Å². The van der Waals surface area contributed by atoms with Crippen molar-refractivity contribution in [2.45, 2.75) is 58.0 Å². The van der Waals surface area contributed by atoms with E-state index in [0.29, 0.717) is 18.3 Å². The molecule has 1 aliphatic heterocycles. The van der Waals surface area contributed by atoms with Crippen LogP contribution in [-0.4, -0.2) is 23.9 Å². The van der Waals surface area contributed by atoms with Crippen LogP contribution in [0.4, 0.5) is 4.39 Å². The highest BCUT2D eigenvalue weighted by Crippen LogP contribution is 2.53. The van der Waals surface area contributed by atoms with Crippen LogP contribution in [0.15, 0.2) is 42.5 Å². The number of hydrogen-bond acceptors (Lipinski definition) is 4. The quantitative estimate of drug-likeness (QED) is 0.723. The minimum Gasteiger partial charge on any atom is -0.496 e. The monoisotopic (exact) mass is 414 g/mol. The van der Waals surface area contributed by atoms with Gasteiger partial charge in [-0.05, 0) is 86.4 Å². The first-order valence-electron chi connectivity index (χ1n) is 10.7. The molecule has 30 heavy (non-hydrogen) atoms. The average molecular weight is 415 g/mol. The molecule has 0 radical (unpaired) electrons. The van der Waals surface area contributed by atoms with Crippen molar-refractivity contribution in [3.05, 3.63) is 59.4 Å². The Morgan fingerprint density at radius 3 is 2.57 bits per heavy atom. The lowest BCUT2D eigenvalue weighted by molar-refractivity contribution is -0.215. The number of hydrogen-bond donors (Lipinski definition) is 1. The summed E-state index contributed by atoms with van der Waals surface area (Å²) in [5, 5.41) is 10.6. The van der Waals surface area contributed by atoms with Crippen molar-refractivity contribution in [3.8, 4) is 11.5 Å². The van der Waals surface area contributed by atoms with Crippen LogP contribution in [0.5, 0.6) is 11.5 Å². The third kappa shape index (κ3) is 4.06. The molecule has 0 amide bonds. The number of benzene rings is 2. The molecule has 5 atom stereocenters. The average Bonchev–Trinajstić information content (AvgIpc) is 2.73. The van der Waals surface area contributed by atoms with Crippen LogP contribution in [0, 0.1) is 23.6 Å². The molecule has 1 saturated heterocycles. The largest absolute Gasteiger partial charge is 0.496 e. The lowest BCUT2D eigenvalue weighted by Crippen LogP contribution is -2.52. The molecule has 2 aromatic carbocycles. The van der Waals surface area contributed by atoms with Crippen LogP contribution in [0.25, 0.3) is 0 Å². The van der Waals surface area contributed by atoms with Gasteiger partial charge in [-0.25, -0.2) is 4.39 Å². The molecule has 2 bridgehead atoms. The predicted octanol–water partition coefficient (Wildman–Crippen LogP) is 5.29. The van der Waals surface area contributed by atoms with Crippen molar-refractivity contribution in [3.63, 3.8) is 0 Å². The summed E-state index contributed by atoms with van der Waals surface area (Å²) in [6, 6.07) is 12.1. The zero-order valence-electron chi connectivity index (χ0n) is 18.1. The van der Waals surface area contributed by atoms with Crippen molar-refractivity contribution in [2.24, 2.45) is 17.8 Å². The summed E-state index contributed by atoms with van der Waals surface area (Å²) in [7, 11) is 1.64. The van der Waals surface area contributed by atoms with E-state index < -0.39 is 0 Å². The van der Waals surface area contributed by atoms with Crippen LogP contribution in [-0.2, 0) is 11.3 Å². The van der Waals surface area contributed by atoms with Gasteiger partial charge in [-0.2, -0.15) is 0 Å². The van der Waals surface area contributed by atoms with Crippen molar-refractivity contribution in [1.82, 2.24) is 0 Å². The zero-order valence-corrected chi connectivity index (χ0v) is 18.1. The Labute approximate surface area is 178 Å². The fraction of sp³-hybridized carbons (Fsp3) is 0.520. The topological polar surface area (TPSA) is 47.9 Å². The van der Waals surface area contributed by atoms with E-state index in [1.807, 2.05) is 6.07 Å². The molecule has 0 spiro atoms. The number of methoxy groups -OCH3 is 1. The molecule has 2 aliphatic rings. The summed E-state index contributed by atoms with van der Waals surface area (Å²) in [6.45, 7) is 6.70. The fourth-order valence-corrected chi connectivity index (χ4v) is 5.00. The molecule has 1 aliphatic carbocycles. The Hall–Kier alpha value is -2.11. The van der Waals surface area contributed by atoms with Gasteiger partial charge in [0, 0.05) is 5.56 Å². The first-order chi connectivity index (χ1) is 14.3. The number of fused-ring (bicyclic) bond motifs is 2. The van der Waals surface area contributed by atoms with Gasteiger partial charge in [0.05, 0.1) is 24.9 Å². The lowest BCUT2D eigenvalue weighted by atomic mass is 9.63. The third-order valence-electron chi connectivity index (χ3n) is 7.01. The van der Waals surface area contributed by atoms with Gasteiger partial charge in [-0.1, -0.05) is 13.0 Å². The van der Waals surface area contributed by atoms with E-state index in [-0.39, 0.29) is 35.5 Å². The van der Waals surface area contributed by atoms with Crippen LogP contribution in [0.1, 0.15) is 50.8 Å². The van der Waals surface area contributed by atoms with Gasteiger partial charge in [0.1, 0.15) is 23.9 Å². The van der Waals surface area contributed by atoms with E-state index in [4.69, 9.17) is 14.2 Å². The molecule has 5 heteroatoms. The molecule has 1 N–H and O–H groups in total. The van der Waals surface area contributed by atoms with E-state index in [9.17, 15) is 9.50 Å². The maximum absolute atomic E-state index is 13.1. The van der Waals surface area contributed by atoms with Gasteiger partial charge >= 0.3 is 0 Å². The van der Waals surface area contributed by atoms with Crippen LogP contribution < -0.4 is 9.47 Å². The normalized spacial score (nSPS) is 30.0. The number of ether oxygens (including phenoxy) is 3. The summed E-state index contributed by atoms with van der Waals surface area (Å²) >= 11 is 0. The van der Waals surface area contributed by atoms with Gasteiger partial charge < -0.3 is 19.3 Å². The molecule has 1 heterocycles. The minimum absolute atomic E-state index is 0.0864. The van der Waals surface area contributed by atoms with E-state index in [0.717, 1.165) is 29.7 Å². The van der Waals surface area contributed by atoms with Crippen molar-refractivity contribution in [1.29, 1.82) is 0 Å². The van der Waals surface area contributed by atoms with Crippen molar-refractivity contribution in [2.75, 3.05) is 7.11 Å². The maximum Gasteiger partial charge on any atom is 0.125 e. The molecule has 2 aromatic rings. The highest BCUT2D eigenvalue weighted by atomic mass is 19.1. The Bertz CT molecular complexity index is 879. The Morgan fingerprint density at radius 2 is 1.87 bits per heavy atom. The van der Waals surface area contributed by atoms with Gasteiger partial charge in [0.2, 0.25) is 0 Å². The fourth-order valence-electron chi connectivity index (χ4n) is 5.00. The van der Waals surface area contributed by atoms with E-state index >= 15 is 0 Å². The van der Waals surface area contributed by atoms with E-state index in [1.54, 1.807) is 19.2 Å². The molecular weight excluding hydrogens is 383 g/mol. The molecule has 1 saturated carbocycles. The predicted molar refractivity (Wildman–Crippen MR) is 113 cm³/mol. The van der Waals surface area contributed by atoms with Crippen molar-refractivity contribution >= 4 is 0 Å². The van der Waals surface area contributed by atoms with E-state index in [1.165, 1.54) is 12.1 Å². The highest BCUT2D eigenvalue weighted by Gasteiger charge is 2.50. The minimum atomic E-state index is -0.293. The summed E-state index contributed by atoms with van der Waals surface area (Å²) in [5.41, 5.74) is 1.70. The highest BCUT2D eigenvalue weighted by molar-refractivity contribution is 5.39. The van der Waals surface area contributed by atoms with E-state index in [2.05, 4.69) is 32.9 Å². The molecule has 0 aromatic heterocycles. The first kappa shape index (κ1) is 21.1. The zero-order chi connectivity index (χ0) is 21.5. The molecule has 2 fully saturated rings. The van der Waals surface area contributed by atoms with Gasteiger partial charge in [0.25, 0.3) is 0 Å². The van der Waals surface area contributed by atoms with Gasteiger partial charge in [-0.3, -0.25) is 0 Å². The van der Waals surface area contributed by atoms with Crippen LogP contribution in [0.3, 0.4) is 0 Å². The molecular formula is C25H31FO4. The number of halogens is 1. The summed E-state index contributed by atoms with van der Waals surface area (Å²) in [4.78, 5) is 0. The molecule has 4 rings (SSSR count). The number of rotatable bonds is 5. The van der Waals surface area contributed by atoms with Crippen LogP contribution >= 0.6 is 0 Å². The summed E-state index contributed by atoms with van der Waals surface area (Å²) < 4.78 is 31.2. The SMILES string of the molecule is COc1ccc([C@@H]2OC(C)(C)[C@H]3C[C@H]2[C@H](C)[C@@H](O)C3)cc1COc1ccc(F)cc1. The molecule has 162 valence electrons. The third-order valence-corrected chi connectivity index (χ3v) is 7.01. The van der Waals surface area contributed by atoms with Gasteiger partial charge in [-0.15, -0.1) is 0 Å².